The van der Waals surface area contributed by atoms with Gasteiger partial charge < -0.3 is 4.89 Å². The van der Waals surface area contributed by atoms with Crippen LogP contribution in [-0.4, -0.2) is 10.6 Å². The molecule has 0 fully saturated rings. The zero-order chi connectivity index (χ0) is 13.8. The van der Waals surface area contributed by atoms with E-state index in [4.69, 9.17) is 5.26 Å². The van der Waals surface area contributed by atoms with E-state index in [0.717, 1.165) is 12.1 Å². The maximum Gasteiger partial charge on any atom is 0.355 e. The fraction of sp³-hybridized carbons (Fsp3) is 0.182. The average Bonchev–Trinajstić information content (AvgIpc) is 2.36. The van der Waals surface area contributed by atoms with Gasteiger partial charge in [-0.05, 0) is 12.1 Å². The van der Waals surface area contributed by atoms with Gasteiger partial charge in [-0.15, -0.1) is 6.58 Å². The second-order valence-electron chi connectivity index (χ2n) is 3.34. The molecule has 0 saturated carbocycles. The highest BCUT2D eigenvalue weighted by molar-refractivity contribution is 8.56. The van der Waals surface area contributed by atoms with Gasteiger partial charge in [0.1, 0.15) is 0 Å². The monoisotopic (exact) mass is 289 g/mol. The first-order valence-electron chi connectivity index (χ1n) is 4.82. The van der Waals surface area contributed by atoms with Crippen LogP contribution in [-0.2, 0) is 10.2 Å². The molecule has 0 radical (unpaired) electrons. The molecule has 1 aromatic rings. The molecule has 0 spiro atoms. The first-order valence-corrected chi connectivity index (χ1v) is 8.07. The first kappa shape index (κ1) is 14.9. The summed E-state index contributed by atoms with van der Waals surface area (Å²) in [5.41, 5.74) is -4.22. The Morgan fingerprint density at radius 2 is 2.06 bits per heavy atom. The Morgan fingerprint density at radius 3 is 2.50 bits per heavy atom. The number of benzene rings is 1. The summed E-state index contributed by atoms with van der Waals surface area (Å²) in [6.45, 7) is -1.42. The topological polar surface area (TPSA) is 61.1 Å². The third kappa shape index (κ3) is 2.99. The number of nitriles is 1. The predicted molar refractivity (Wildman–Crippen MR) is 67.5 cm³/mol. The van der Waals surface area contributed by atoms with Gasteiger partial charge in [-0.3, -0.25) is 4.57 Å². The molecular weight excluding hydrogens is 279 g/mol. The fourth-order valence-corrected chi connectivity index (χ4v) is 3.81. The van der Waals surface area contributed by atoms with E-state index < -0.39 is 17.8 Å². The minimum Gasteiger partial charge on any atom is -0.333 e. The second-order valence-corrected chi connectivity index (χ2v) is 7.79. The van der Waals surface area contributed by atoms with Crippen LogP contribution in [0.4, 0.5) is 8.78 Å². The summed E-state index contributed by atoms with van der Waals surface area (Å²) in [4.78, 5) is 9.41. The van der Waals surface area contributed by atoms with Crippen LogP contribution in [0, 0.1) is 11.3 Å². The van der Waals surface area contributed by atoms with Crippen molar-refractivity contribution in [2.45, 2.75) is 5.66 Å². The zero-order valence-corrected chi connectivity index (χ0v) is 10.9. The van der Waals surface area contributed by atoms with Crippen LogP contribution in [0.1, 0.15) is 11.1 Å². The molecule has 7 heteroatoms. The molecule has 1 unspecified atom stereocenters. The van der Waals surface area contributed by atoms with Crippen LogP contribution in [0.5, 0.6) is 0 Å². The molecule has 1 rings (SSSR count). The highest BCUT2D eigenvalue weighted by Gasteiger charge is 2.51. The van der Waals surface area contributed by atoms with Gasteiger partial charge in [0.05, 0.1) is 11.6 Å². The minimum atomic E-state index is -4.73. The third-order valence-electron chi connectivity index (χ3n) is 2.08. The molecule has 0 aliphatic heterocycles. The summed E-state index contributed by atoms with van der Waals surface area (Å²) < 4.78 is 39.3. The third-order valence-corrected chi connectivity index (χ3v) is 5.97. The van der Waals surface area contributed by atoms with Crippen molar-refractivity contribution in [2.24, 2.45) is 0 Å². The maximum absolute atomic E-state index is 13.8. The lowest BCUT2D eigenvalue weighted by atomic mass is 10.1. The molecule has 1 N–H and O–H groups in total. The molecule has 3 nitrogen and oxygen atoms in total. The van der Waals surface area contributed by atoms with Crippen molar-refractivity contribution in [3.8, 4) is 6.07 Å². The number of rotatable bonds is 5. The van der Waals surface area contributed by atoms with Gasteiger partial charge >= 0.3 is 12.2 Å². The van der Waals surface area contributed by atoms with Crippen molar-refractivity contribution >= 4 is 18.0 Å². The number of halogens is 2. The van der Waals surface area contributed by atoms with E-state index in [-0.39, 0.29) is 22.7 Å². The van der Waals surface area contributed by atoms with Crippen molar-refractivity contribution in [2.75, 3.05) is 5.75 Å². The molecule has 96 valence electrons. The summed E-state index contributed by atoms with van der Waals surface area (Å²) in [5.74, 6) is -0.0420. The molecule has 0 aliphatic rings. The van der Waals surface area contributed by atoms with Crippen LogP contribution in [0.15, 0.2) is 36.9 Å². The maximum atomic E-state index is 13.8. The SMILES string of the molecule is C=CCSP(=O)(O)C(F)(F)c1ccc(C#N)cc1. The summed E-state index contributed by atoms with van der Waals surface area (Å²) in [6.07, 6.45) is 1.28. The molecule has 1 aromatic carbocycles. The van der Waals surface area contributed by atoms with Crippen molar-refractivity contribution in [3.63, 3.8) is 0 Å². The average molecular weight is 289 g/mol. The van der Waals surface area contributed by atoms with E-state index >= 15 is 0 Å². The number of hydrogen-bond donors (Lipinski definition) is 1. The smallest absolute Gasteiger partial charge is 0.333 e. The van der Waals surface area contributed by atoms with Gasteiger partial charge in [0.15, 0.2) is 0 Å². The van der Waals surface area contributed by atoms with Gasteiger partial charge in [0.2, 0.25) is 0 Å². The molecule has 1 atom stereocenters. The van der Waals surface area contributed by atoms with Crippen molar-refractivity contribution in [1.29, 1.82) is 5.26 Å². The van der Waals surface area contributed by atoms with Crippen molar-refractivity contribution in [1.82, 2.24) is 0 Å². The van der Waals surface area contributed by atoms with E-state index in [2.05, 4.69) is 6.58 Å². The highest BCUT2D eigenvalue weighted by atomic mass is 32.7. The van der Waals surface area contributed by atoms with E-state index in [9.17, 15) is 18.2 Å². The lowest BCUT2D eigenvalue weighted by Crippen LogP contribution is -2.12. The molecule has 0 aromatic heterocycles. The molecule has 0 bridgehead atoms. The summed E-state index contributed by atoms with van der Waals surface area (Å²) in [5, 5.41) is 8.55. The van der Waals surface area contributed by atoms with Crippen LogP contribution >= 0.6 is 18.0 Å². The Labute approximate surface area is 107 Å². The number of hydrogen-bond acceptors (Lipinski definition) is 3. The molecular formula is C11H10F2NO2PS. The molecule has 0 amide bonds. The van der Waals surface area contributed by atoms with Crippen LogP contribution in [0.2, 0.25) is 0 Å². The van der Waals surface area contributed by atoms with E-state index in [1.165, 1.54) is 18.2 Å². The normalized spacial score (nSPS) is 14.6. The Kier molecular flexibility index (Phi) is 4.69. The summed E-state index contributed by atoms with van der Waals surface area (Å²) >= 11 is 0.268. The minimum absolute atomic E-state index is 0.0420. The fourth-order valence-electron chi connectivity index (χ4n) is 1.14. The van der Waals surface area contributed by atoms with Crippen molar-refractivity contribution in [3.05, 3.63) is 48.0 Å². The second kappa shape index (κ2) is 5.66. The lowest BCUT2D eigenvalue weighted by Gasteiger charge is -2.21. The van der Waals surface area contributed by atoms with E-state index in [1.807, 2.05) is 0 Å². The lowest BCUT2D eigenvalue weighted by molar-refractivity contribution is 0.0794. The van der Waals surface area contributed by atoms with E-state index in [0.29, 0.717) is 0 Å². The number of nitrogens with zero attached hydrogens (tertiary/aromatic N) is 1. The molecule has 18 heavy (non-hydrogen) atoms. The highest BCUT2D eigenvalue weighted by Crippen LogP contribution is 2.70. The van der Waals surface area contributed by atoms with Gasteiger partial charge in [-0.25, -0.2) is 0 Å². The Bertz CT molecular complexity index is 525. The number of alkyl halides is 2. The zero-order valence-electron chi connectivity index (χ0n) is 9.22. The van der Waals surface area contributed by atoms with Crippen LogP contribution < -0.4 is 0 Å². The Morgan fingerprint density at radius 1 is 1.50 bits per heavy atom. The summed E-state index contributed by atoms with van der Waals surface area (Å²) in [7, 11) is 0. The standard InChI is InChI=1S/C11H10F2NO2PS/c1-2-7-18-17(15,16)11(12,13)10-5-3-9(8-14)4-6-10/h2-6H,1,7H2,(H,15,16). The van der Waals surface area contributed by atoms with Crippen molar-refractivity contribution < 1.29 is 18.2 Å². The van der Waals surface area contributed by atoms with Gasteiger partial charge in [-0.1, -0.05) is 29.6 Å². The molecule has 0 saturated heterocycles. The molecule has 0 aliphatic carbocycles. The largest absolute Gasteiger partial charge is 0.355 e. The van der Waals surface area contributed by atoms with Gasteiger partial charge in [0, 0.05) is 11.3 Å². The summed E-state index contributed by atoms with van der Waals surface area (Å²) in [6, 6.07) is 6.11. The van der Waals surface area contributed by atoms with Gasteiger partial charge in [0.25, 0.3) is 0 Å². The first-order chi connectivity index (χ1) is 8.35. The predicted octanol–water partition coefficient (Wildman–Crippen LogP) is 3.71. The van der Waals surface area contributed by atoms with Gasteiger partial charge in [-0.2, -0.15) is 14.0 Å². The Balaban J connectivity index is 3.07. The Hall–Kier alpha value is -1.15. The van der Waals surface area contributed by atoms with Crippen LogP contribution in [0.3, 0.4) is 0 Å². The van der Waals surface area contributed by atoms with E-state index in [1.54, 1.807) is 6.07 Å². The molecule has 0 heterocycles. The quantitative estimate of drug-likeness (QED) is 0.663. The van der Waals surface area contributed by atoms with Crippen LogP contribution in [0.25, 0.3) is 0 Å².